The molecule has 0 aliphatic carbocycles. The Labute approximate surface area is 120 Å². The Kier molecular flexibility index (Phi) is 29.7. The molecule has 0 heterocycles. The predicted molar refractivity (Wildman–Crippen MR) is 46.0 cm³/mol. The molecule has 70 valence electrons. The van der Waals surface area contributed by atoms with Crippen LogP contribution >= 0.6 is 0 Å². The number of hydrogen-bond donors (Lipinski definition) is 1. The van der Waals surface area contributed by atoms with Crippen LogP contribution < -0.4 is 51.4 Å². The summed E-state index contributed by atoms with van der Waals surface area (Å²) in [5.74, 6) is 0. The second-order valence-electron chi connectivity index (χ2n) is 2.28. The summed E-state index contributed by atoms with van der Waals surface area (Å²) in [6.07, 6.45) is 7.01. The van der Waals surface area contributed by atoms with Crippen LogP contribution in [0.3, 0.4) is 0 Å². The first-order valence-electron chi connectivity index (χ1n) is 3.93. The van der Waals surface area contributed by atoms with Gasteiger partial charge in [0.1, 0.15) is 0 Å². The fraction of sp³-hybridized carbons (Fsp3) is 1.00. The molecule has 0 aromatic heterocycles. The number of hydrogen-bond acceptors (Lipinski definition) is 2. The van der Waals surface area contributed by atoms with Gasteiger partial charge in [-0.1, -0.05) is 46.0 Å². The van der Waals surface area contributed by atoms with Gasteiger partial charge in [-0.05, 0) is 0 Å². The summed E-state index contributed by atoms with van der Waals surface area (Å²) in [5.41, 5.74) is 0. The van der Waals surface area contributed by atoms with Crippen LogP contribution in [0.2, 0.25) is 0 Å². The molecule has 0 bridgehead atoms. The zero-order valence-corrected chi connectivity index (χ0v) is 12.1. The van der Waals surface area contributed by atoms with E-state index >= 15 is 0 Å². The quantitative estimate of drug-likeness (QED) is 0.388. The van der Waals surface area contributed by atoms with Crippen molar-refractivity contribution in [3.63, 3.8) is 0 Å². The molecule has 0 saturated carbocycles. The third-order valence-corrected chi connectivity index (χ3v) is 1.21. The molecule has 1 atom stereocenters. The van der Waals surface area contributed by atoms with Crippen LogP contribution in [0.5, 0.6) is 0 Å². The topological polar surface area (TPSA) is 60.4 Å². The molecule has 0 rings (SSSR count). The van der Waals surface area contributed by atoms with Gasteiger partial charge in [-0.2, -0.15) is 0 Å². The Balaban J connectivity index is -0.000000142. The second-order valence-corrected chi connectivity index (χ2v) is 2.71. The van der Waals surface area contributed by atoms with Crippen LogP contribution in [0.4, 0.5) is 0 Å². The van der Waals surface area contributed by atoms with E-state index in [2.05, 4.69) is 13.8 Å². The normalized spacial score (nSPS) is 10.7. The Hall–Kier alpha value is 1.71. The van der Waals surface area contributed by atoms with Crippen molar-refractivity contribution in [2.24, 2.45) is 0 Å². The van der Waals surface area contributed by atoms with E-state index in [1.807, 2.05) is 0 Å². The Morgan fingerprint density at radius 2 is 1.42 bits per heavy atom. The van der Waals surface area contributed by atoms with Crippen molar-refractivity contribution in [1.82, 2.24) is 0 Å². The van der Waals surface area contributed by atoms with Crippen LogP contribution in [-0.2, 0) is 11.4 Å². The van der Waals surface area contributed by atoms with E-state index in [0.29, 0.717) is 0 Å². The van der Waals surface area contributed by atoms with E-state index < -0.39 is 11.4 Å². The van der Waals surface area contributed by atoms with Gasteiger partial charge in [0.15, 0.2) is 0 Å². The molecular weight excluding hydrogens is 203 g/mol. The molecule has 0 aliphatic rings. The predicted octanol–water partition coefficient (Wildman–Crippen LogP) is -0.681. The van der Waals surface area contributed by atoms with Gasteiger partial charge in [-0.15, -0.1) is 0 Å². The van der Waals surface area contributed by atoms with E-state index in [-0.39, 0.29) is 51.4 Å². The molecular formula is C7H17KO3S. The summed E-state index contributed by atoms with van der Waals surface area (Å²) >= 11 is -2.86. The maximum Gasteiger partial charge on any atom is 1.00 e. The summed E-state index contributed by atoms with van der Waals surface area (Å²) < 4.78 is 24.1. The smallest absolute Gasteiger partial charge is 0.750 e. The standard InChI is InChI=1S/C7H16.K.H2O3S/c1-3-5-7-6-4-2;;1-4(2)3/h3-7H2,1-2H3;;(H2,1,2,3)/q;+1;/p-1. The third kappa shape index (κ3) is 41.2. The second kappa shape index (κ2) is 18.5. The molecule has 3 nitrogen and oxygen atoms in total. The fourth-order valence-electron chi connectivity index (χ4n) is 0.677. The largest absolute Gasteiger partial charge is 1.00 e. The monoisotopic (exact) mass is 220 g/mol. The third-order valence-electron chi connectivity index (χ3n) is 1.21. The zero-order valence-electron chi connectivity index (χ0n) is 8.21. The summed E-state index contributed by atoms with van der Waals surface area (Å²) in [6, 6.07) is 0. The van der Waals surface area contributed by atoms with Gasteiger partial charge in [-0.25, -0.2) is 4.21 Å². The summed E-state index contributed by atoms with van der Waals surface area (Å²) in [5, 5.41) is 0. The van der Waals surface area contributed by atoms with Gasteiger partial charge in [0, 0.05) is 0 Å². The maximum atomic E-state index is 8.56. The molecule has 5 heteroatoms. The van der Waals surface area contributed by atoms with Crippen molar-refractivity contribution >= 4 is 11.4 Å². The molecule has 0 aromatic carbocycles. The van der Waals surface area contributed by atoms with Gasteiger partial charge in [0.2, 0.25) is 0 Å². The van der Waals surface area contributed by atoms with Crippen LogP contribution in [-0.4, -0.2) is 13.3 Å². The first-order valence-corrected chi connectivity index (χ1v) is 4.96. The van der Waals surface area contributed by atoms with Crippen LogP contribution in [0.15, 0.2) is 0 Å². The van der Waals surface area contributed by atoms with Crippen molar-refractivity contribution in [3.8, 4) is 0 Å². The molecule has 0 radical (unpaired) electrons. The van der Waals surface area contributed by atoms with Crippen molar-refractivity contribution < 1.29 is 64.7 Å². The summed E-state index contributed by atoms with van der Waals surface area (Å²) in [6.45, 7) is 4.49. The van der Waals surface area contributed by atoms with Crippen LogP contribution in [0, 0.1) is 0 Å². The molecule has 0 fully saturated rings. The van der Waals surface area contributed by atoms with Gasteiger partial charge >= 0.3 is 51.4 Å². The van der Waals surface area contributed by atoms with Crippen molar-refractivity contribution in [2.75, 3.05) is 0 Å². The maximum absolute atomic E-state index is 8.56. The van der Waals surface area contributed by atoms with Crippen molar-refractivity contribution in [1.29, 1.82) is 0 Å². The fourth-order valence-corrected chi connectivity index (χ4v) is 0.677. The van der Waals surface area contributed by atoms with Gasteiger partial charge < -0.3 is 9.11 Å². The van der Waals surface area contributed by atoms with Gasteiger partial charge in [0.25, 0.3) is 0 Å². The van der Waals surface area contributed by atoms with Crippen molar-refractivity contribution in [3.05, 3.63) is 0 Å². The Morgan fingerprint density at radius 1 is 1.17 bits per heavy atom. The number of unbranched alkanes of at least 4 members (excludes halogenated alkanes) is 4. The van der Waals surface area contributed by atoms with E-state index in [4.69, 9.17) is 13.3 Å². The Morgan fingerprint density at radius 3 is 1.58 bits per heavy atom. The molecule has 1 unspecified atom stereocenters. The molecule has 0 amide bonds. The van der Waals surface area contributed by atoms with Crippen LogP contribution in [0.25, 0.3) is 0 Å². The van der Waals surface area contributed by atoms with E-state index in [1.54, 1.807) is 0 Å². The van der Waals surface area contributed by atoms with Crippen molar-refractivity contribution in [2.45, 2.75) is 46.0 Å². The minimum absolute atomic E-state index is 0. The van der Waals surface area contributed by atoms with Crippen LogP contribution in [0.1, 0.15) is 46.0 Å². The first-order chi connectivity index (χ1) is 5.15. The zero-order chi connectivity index (χ0) is 9.11. The van der Waals surface area contributed by atoms with E-state index in [9.17, 15) is 0 Å². The SMILES string of the molecule is CCCCCCC.O=S([O-])O.[K+]. The molecule has 12 heavy (non-hydrogen) atoms. The molecule has 1 N–H and O–H groups in total. The van der Waals surface area contributed by atoms with Gasteiger partial charge in [0.05, 0.1) is 11.4 Å². The van der Waals surface area contributed by atoms with E-state index in [0.717, 1.165) is 0 Å². The molecule has 0 saturated heterocycles. The molecule has 0 aromatic rings. The molecule has 0 spiro atoms. The average Bonchev–Trinajstić information content (AvgIpc) is 1.88. The minimum Gasteiger partial charge on any atom is -0.750 e. The van der Waals surface area contributed by atoms with E-state index in [1.165, 1.54) is 32.1 Å². The summed E-state index contributed by atoms with van der Waals surface area (Å²) in [7, 11) is 0. The summed E-state index contributed by atoms with van der Waals surface area (Å²) in [4.78, 5) is 0. The average molecular weight is 220 g/mol. The molecule has 0 aliphatic heterocycles. The van der Waals surface area contributed by atoms with Gasteiger partial charge in [-0.3, -0.25) is 0 Å². The number of rotatable bonds is 4. The minimum atomic E-state index is -2.86. The Bertz CT molecular complexity index is 82.7. The first kappa shape index (κ1) is 19.3.